The van der Waals surface area contributed by atoms with Crippen molar-refractivity contribution in [2.75, 3.05) is 0 Å². The zero-order chi connectivity index (χ0) is 15.4. The van der Waals surface area contributed by atoms with Gasteiger partial charge in [-0.05, 0) is 50.2 Å². The topological polar surface area (TPSA) is 33.5 Å². The van der Waals surface area contributed by atoms with Crippen LogP contribution in [0.15, 0.2) is 91.0 Å². The van der Waals surface area contributed by atoms with E-state index < -0.39 is 7.26 Å². The van der Waals surface area contributed by atoms with E-state index in [0.29, 0.717) is 5.66 Å². The SMILES string of the molecule is CC(C)[P+](c1ccccc1)(c1ccccc1)c1ccccc1.[Br-].[NH2-].[Na+]. The van der Waals surface area contributed by atoms with Crippen molar-refractivity contribution >= 4 is 23.2 Å². The molecule has 3 rings (SSSR count). The van der Waals surface area contributed by atoms with Crippen molar-refractivity contribution in [3.05, 3.63) is 97.1 Å². The molecule has 0 unspecified atom stereocenters. The second-order valence-corrected chi connectivity index (χ2v) is 9.85. The maximum Gasteiger partial charge on any atom is 1.00 e. The maximum absolute atomic E-state index is 2.36. The molecule has 0 saturated heterocycles. The molecule has 0 atom stereocenters. The summed E-state index contributed by atoms with van der Waals surface area (Å²) >= 11 is 0. The average molecular weight is 424 g/mol. The van der Waals surface area contributed by atoms with E-state index >= 15 is 0 Å². The number of halogens is 1. The quantitative estimate of drug-likeness (QED) is 0.385. The summed E-state index contributed by atoms with van der Waals surface area (Å²) in [4.78, 5) is 0. The van der Waals surface area contributed by atoms with Crippen molar-refractivity contribution in [2.24, 2.45) is 0 Å². The van der Waals surface area contributed by atoms with Crippen LogP contribution in [0.25, 0.3) is 6.15 Å². The molecule has 1 nitrogen and oxygen atoms in total. The van der Waals surface area contributed by atoms with E-state index in [1.54, 1.807) is 0 Å². The first-order valence-corrected chi connectivity index (χ1v) is 9.67. The van der Waals surface area contributed by atoms with Crippen LogP contribution >= 0.6 is 7.26 Å². The number of benzene rings is 3. The molecule has 3 aromatic rings. The van der Waals surface area contributed by atoms with Gasteiger partial charge >= 0.3 is 29.6 Å². The molecule has 0 radical (unpaired) electrons. The van der Waals surface area contributed by atoms with Crippen molar-refractivity contribution < 1.29 is 46.5 Å². The fourth-order valence-corrected chi connectivity index (χ4v) is 7.94. The van der Waals surface area contributed by atoms with E-state index in [1.807, 2.05) is 0 Å². The molecule has 4 heteroatoms. The minimum Gasteiger partial charge on any atom is -1.00 e. The van der Waals surface area contributed by atoms with E-state index in [1.165, 1.54) is 15.9 Å². The largest absolute Gasteiger partial charge is 1.00 e. The molecule has 3 aromatic carbocycles. The molecule has 0 spiro atoms. The van der Waals surface area contributed by atoms with Gasteiger partial charge in [0, 0.05) is 0 Å². The third-order valence-corrected chi connectivity index (χ3v) is 9.15. The van der Waals surface area contributed by atoms with Crippen LogP contribution in [-0.4, -0.2) is 5.66 Å². The molecule has 0 saturated carbocycles. The third kappa shape index (κ3) is 4.83. The smallest absolute Gasteiger partial charge is 1.00 e. The Labute approximate surface area is 185 Å². The van der Waals surface area contributed by atoms with Crippen LogP contribution in [0.4, 0.5) is 0 Å². The Hall–Kier alpha value is -0.470. The molecule has 0 aliphatic heterocycles. The minimum atomic E-state index is -1.63. The van der Waals surface area contributed by atoms with Crippen LogP contribution in [-0.2, 0) is 0 Å². The van der Waals surface area contributed by atoms with Gasteiger partial charge in [0.1, 0.15) is 23.2 Å². The predicted octanol–water partition coefficient (Wildman–Crippen LogP) is -0.886. The summed E-state index contributed by atoms with van der Waals surface area (Å²) in [6.07, 6.45) is 0. The van der Waals surface area contributed by atoms with Gasteiger partial charge in [-0.2, -0.15) is 0 Å². The summed E-state index contributed by atoms with van der Waals surface area (Å²) in [6.45, 7) is 4.72. The molecule has 2 N–H and O–H groups in total. The number of nitrogens with two attached hydrogens (primary N) is 1. The van der Waals surface area contributed by atoms with Crippen molar-refractivity contribution in [3.8, 4) is 0 Å². The van der Waals surface area contributed by atoms with Crippen LogP contribution < -0.4 is 62.5 Å². The second-order valence-electron chi connectivity index (χ2n) is 5.82. The van der Waals surface area contributed by atoms with Gasteiger partial charge in [0.15, 0.2) is 0 Å². The fraction of sp³-hybridized carbons (Fsp3) is 0.143. The van der Waals surface area contributed by atoms with Crippen molar-refractivity contribution in [1.29, 1.82) is 0 Å². The molecular formula is C21H24BrNNaP. The summed E-state index contributed by atoms with van der Waals surface area (Å²) in [5.74, 6) is 0. The second kappa shape index (κ2) is 11.3. The molecule has 0 bridgehead atoms. The van der Waals surface area contributed by atoms with Crippen LogP contribution in [0.1, 0.15) is 13.8 Å². The first kappa shape index (κ1) is 24.5. The zero-order valence-electron chi connectivity index (χ0n) is 15.1. The summed E-state index contributed by atoms with van der Waals surface area (Å²) in [6, 6.07) is 33.1. The summed E-state index contributed by atoms with van der Waals surface area (Å²) < 4.78 is 0. The van der Waals surface area contributed by atoms with E-state index in [9.17, 15) is 0 Å². The third-order valence-electron chi connectivity index (χ3n) is 4.26. The van der Waals surface area contributed by atoms with Gasteiger partial charge in [0.25, 0.3) is 0 Å². The molecule has 126 valence electrons. The summed E-state index contributed by atoms with van der Waals surface area (Å²) in [7, 11) is -1.63. The van der Waals surface area contributed by atoms with Crippen molar-refractivity contribution in [2.45, 2.75) is 19.5 Å². The monoisotopic (exact) mass is 423 g/mol. The van der Waals surface area contributed by atoms with Crippen molar-refractivity contribution in [3.63, 3.8) is 0 Å². The van der Waals surface area contributed by atoms with E-state index in [0.717, 1.165) is 0 Å². The van der Waals surface area contributed by atoms with E-state index in [-0.39, 0.29) is 52.7 Å². The molecular weight excluding hydrogens is 400 g/mol. The molecule has 25 heavy (non-hydrogen) atoms. The number of hydrogen-bond donors (Lipinski definition) is 0. The predicted molar refractivity (Wildman–Crippen MR) is 106 cm³/mol. The van der Waals surface area contributed by atoms with Gasteiger partial charge in [0.2, 0.25) is 0 Å². The van der Waals surface area contributed by atoms with Crippen LogP contribution in [0.5, 0.6) is 0 Å². The minimum absolute atomic E-state index is 0. The average Bonchev–Trinajstić information content (AvgIpc) is 2.58. The van der Waals surface area contributed by atoms with Gasteiger partial charge in [-0.1, -0.05) is 54.6 Å². The van der Waals surface area contributed by atoms with Gasteiger partial charge in [-0.3, -0.25) is 0 Å². The number of rotatable bonds is 4. The van der Waals surface area contributed by atoms with Crippen molar-refractivity contribution in [1.82, 2.24) is 0 Å². The fourth-order valence-electron chi connectivity index (χ4n) is 3.33. The molecule has 0 amide bonds. The molecule has 0 aromatic heterocycles. The maximum atomic E-state index is 2.36. The van der Waals surface area contributed by atoms with Gasteiger partial charge in [-0.25, -0.2) is 0 Å². The van der Waals surface area contributed by atoms with Crippen LogP contribution in [0.2, 0.25) is 0 Å². The number of hydrogen-bond acceptors (Lipinski definition) is 0. The van der Waals surface area contributed by atoms with E-state index in [2.05, 4.69) is 105 Å². The normalized spacial score (nSPS) is 10.2. The van der Waals surface area contributed by atoms with Crippen LogP contribution in [0, 0.1) is 0 Å². The molecule has 0 heterocycles. The Morgan fingerprint density at radius 3 is 1.00 bits per heavy atom. The Balaban J connectivity index is 0.00000192. The van der Waals surface area contributed by atoms with Gasteiger partial charge in [0.05, 0.1) is 5.66 Å². The van der Waals surface area contributed by atoms with E-state index in [4.69, 9.17) is 0 Å². The molecule has 0 fully saturated rings. The first-order chi connectivity index (χ1) is 10.8. The molecule has 0 aliphatic carbocycles. The Bertz CT molecular complexity index is 624. The Kier molecular flexibility index (Phi) is 11.1. The zero-order valence-corrected chi connectivity index (χ0v) is 19.6. The first-order valence-electron chi connectivity index (χ1n) is 7.82. The Morgan fingerprint density at radius 2 is 0.800 bits per heavy atom. The summed E-state index contributed by atoms with van der Waals surface area (Å²) in [5, 5.41) is 4.38. The van der Waals surface area contributed by atoms with Gasteiger partial charge in [-0.15, -0.1) is 0 Å². The Morgan fingerprint density at radius 1 is 0.560 bits per heavy atom. The molecule has 0 aliphatic rings. The summed E-state index contributed by atoms with van der Waals surface area (Å²) in [5.41, 5.74) is 0.555. The van der Waals surface area contributed by atoms with Gasteiger partial charge < -0.3 is 23.1 Å². The van der Waals surface area contributed by atoms with Crippen LogP contribution in [0.3, 0.4) is 0 Å². The standard InChI is InChI=1S/C21H22P.BrH.H2N.Na/c1-18(2)22(19-12-6-3-7-13-19,20-14-8-4-9-15-20)21-16-10-5-11-17-21;;;/h3-18H,1-2H3;1H;1H2;/q+1;;-1;+1/p-1.